The van der Waals surface area contributed by atoms with Crippen molar-refractivity contribution in [3.8, 4) is 0 Å². The number of ketones is 2. The van der Waals surface area contributed by atoms with Gasteiger partial charge >= 0.3 is 0 Å². The molecule has 0 aliphatic heterocycles. The van der Waals surface area contributed by atoms with Gasteiger partial charge in [-0.2, -0.15) is 152 Å². The van der Waals surface area contributed by atoms with E-state index in [-0.39, 0.29) is 152 Å². The van der Waals surface area contributed by atoms with Gasteiger partial charge in [-0.15, -0.1) is 0 Å². The summed E-state index contributed by atoms with van der Waals surface area (Å²) in [4.78, 5) is 106. The van der Waals surface area contributed by atoms with Crippen LogP contribution >= 0.6 is 152 Å². The predicted molar refractivity (Wildman–Crippen MR) is 555 cm³/mol. The molecule has 0 bridgehead atoms. The second kappa shape index (κ2) is 106. The second-order valence-corrected chi connectivity index (χ2v) is 35.5. The minimum Gasteiger partial charge on any atom is -0.382 e. The molecule has 46 heteroatoms. The first-order valence-electron chi connectivity index (χ1n) is 45.1. The highest BCUT2D eigenvalue weighted by Gasteiger charge is 2.32. The lowest BCUT2D eigenvalue weighted by Gasteiger charge is -2.35. The Morgan fingerprint density at radius 2 is 0.542 bits per heavy atom. The summed E-state index contributed by atoms with van der Waals surface area (Å²) in [6, 6.07) is -0.0795. The summed E-state index contributed by atoms with van der Waals surface area (Å²) in [5, 5.41) is 19.9. The van der Waals surface area contributed by atoms with Crippen LogP contribution in [0.15, 0.2) is 0 Å². The highest BCUT2D eigenvalue weighted by Crippen LogP contribution is 2.28. The summed E-state index contributed by atoms with van der Waals surface area (Å²) >= 11 is 51.8. The first-order chi connectivity index (χ1) is 63.4. The molecule has 0 aliphatic rings. The number of methoxy groups -OCH3 is 2. The molecule has 4 atom stereocenters. The van der Waals surface area contributed by atoms with Gasteiger partial charge < -0.3 is 122 Å². The minimum absolute atomic E-state index is 0.00392. The molecule has 131 heavy (non-hydrogen) atoms. The van der Waals surface area contributed by atoms with E-state index in [1.807, 2.05) is 0 Å². The van der Waals surface area contributed by atoms with Gasteiger partial charge in [-0.25, -0.2) is 0 Å². The van der Waals surface area contributed by atoms with Crippen molar-refractivity contribution in [3.63, 3.8) is 0 Å². The molecule has 0 aromatic heterocycles. The van der Waals surface area contributed by atoms with E-state index in [1.54, 1.807) is 14.2 Å². The van der Waals surface area contributed by atoms with Crippen LogP contribution in [0.1, 0.15) is 136 Å². The molecule has 0 aromatic rings. The molecule has 0 saturated carbocycles. The summed E-state index contributed by atoms with van der Waals surface area (Å²) in [6.45, 7) is 16.7. The van der Waals surface area contributed by atoms with E-state index in [2.05, 4.69) is 189 Å². The van der Waals surface area contributed by atoms with Crippen LogP contribution in [0.4, 0.5) is 0 Å². The molecule has 0 heterocycles. The topological polar surface area (TPSA) is 404 Å². The Balaban J connectivity index is -0.000000848. The Hall–Kier alpha value is -0.890. The predicted octanol–water partition coefficient (Wildman–Crippen LogP) is 6.02. The van der Waals surface area contributed by atoms with Crippen molar-refractivity contribution in [3.05, 3.63) is 0 Å². The molecule has 0 aromatic carbocycles. The van der Waals surface area contributed by atoms with Crippen LogP contribution in [-0.2, 0) is 128 Å². The maximum atomic E-state index is 12.4. The van der Waals surface area contributed by atoms with E-state index >= 15 is 0 Å². The maximum Gasteiger partial charge on any atom is 0.246 e. The molecule has 34 nitrogen and oxygen atoms in total. The van der Waals surface area contributed by atoms with Crippen molar-refractivity contribution in [2.45, 2.75) is 169 Å². The third kappa shape index (κ3) is 102. The van der Waals surface area contributed by atoms with Crippen LogP contribution < -0.4 is 37.2 Å². The third-order valence-electron chi connectivity index (χ3n) is 17.8. The lowest BCUT2D eigenvalue weighted by molar-refractivity contribution is -0.132. The number of Topliss-reactive ketones (excluding diaryl/α,β-unsaturated/α-hetero) is 2. The van der Waals surface area contributed by atoms with Gasteiger partial charge in [-0.3, -0.25) is 43.2 Å². The molecule has 7 N–H and O–H groups in total. The fraction of sp³-hybridized carbons (Fsp3) is 0.894. The number of nitrogens with one attached hydrogen (secondary N) is 7. The number of hydrogen-bond acceptors (Lipinski definition) is 39. The molecule has 0 saturated heterocycles. The summed E-state index contributed by atoms with van der Waals surface area (Å²) < 4.78 is 95.4. The molecular weight excluding hydrogens is 1940 g/mol. The van der Waals surface area contributed by atoms with Crippen molar-refractivity contribution in [1.82, 2.24) is 37.2 Å². The quantitative estimate of drug-likeness (QED) is 0.0244. The second-order valence-electron chi connectivity index (χ2n) is 29.4. The number of ether oxygens (including phenoxy) is 18. The number of carbonyl (C=O) groups is 9. The van der Waals surface area contributed by atoms with E-state index in [1.165, 1.54) is 13.8 Å². The van der Waals surface area contributed by atoms with Crippen LogP contribution in [0, 0.1) is 0 Å². The average molecular weight is 2100 g/mol. The number of rotatable bonds is 95. The maximum absolute atomic E-state index is 12.4. The highest BCUT2D eigenvalue weighted by atomic mass is 32.1. The van der Waals surface area contributed by atoms with Gasteiger partial charge in [0.2, 0.25) is 41.4 Å². The minimum atomic E-state index is -0.423. The van der Waals surface area contributed by atoms with Crippen LogP contribution in [0.25, 0.3) is 0 Å². The van der Waals surface area contributed by atoms with Gasteiger partial charge in [0.25, 0.3) is 0 Å². The molecule has 4 unspecified atom stereocenters. The summed E-state index contributed by atoms with van der Waals surface area (Å²) in [7, 11) is 3.27. The smallest absolute Gasteiger partial charge is 0.246 e. The zero-order chi connectivity index (χ0) is 97.9. The lowest BCUT2D eigenvalue weighted by Crippen LogP contribution is -2.52. The summed E-state index contributed by atoms with van der Waals surface area (Å²) in [5.41, 5.74) is -0.564. The van der Waals surface area contributed by atoms with Crippen molar-refractivity contribution in [2.75, 3.05) is 317 Å². The number of hydrogen-bond donors (Lipinski definition) is 19. The zero-order valence-electron chi connectivity index (χ0n) is 78.4. The molecule has 0 aliphatic carbocycles. The van der Waals surface area contributed by atoms with Gasteiger partial charge in [0, 0.05) is 66.5 Å². The Kier molecular flexibility index (Phi) is 111. The fourth-order valence-electron chi connectivity index (χ4n) is 11.3. The molecule has 776 valence electrons. The molecular formula is C85H167N7O27S12. The molecule has 7 amide bonds. The van der Waals surface area contributed by atoms with Gasteiger partial charge in [0.1, 0.15) is 26.4 Å². The Labute approximate surface area is 849 Å². The van der Waals surface area contributed by atoms with Gasteiger partial charge in [0.15, 0.2) is 11.6 Å². The molecule has 0 rings (SSSR count). The summed E-state index contributed by atoms with van der Waals surface area (Å²) in [5.74, 6) is 4.77. The first kappa shape index (κ1) is 136. The Bertz CT molecular complexity index is 2600. The van der Waals surface area contributed by atoms with Gasteiger partial charge in [0.05, 0.1) is 218 Å². The monoisotopic (exact) mass is 2100 g/mol. The fourth-order valence-corrected chi connectivity index (χ4v) is 14.7. The standard InChI is InChI=1S/C27H54N2O10S3.C26H52N2O10S3.C17H32N2O4S3.C15H29NO3S3/c1-32-7-8-34-11-12-36-15-16-38-19-20-39-18-17-37-14-13-35-10-9-33-6-4-26(30)28-23-27(31)29-24(3-2-21-40)25(42)5-22-41;1-31-5-6-33-9-10-35-13-14-37-17-18-38-16-15-36-12-11-34-8-7-32-4-2-25(29)28-22-26(30)27-21-24(41)20-23(40)3-19-39;1-14(20)12-23-13-16(22)18-11-15(21)19-17(5-2-8-24,6-3-9-25)7-4-10-26;1-13(17)11-19-12-14(18)16-15(5-2-8-20,6-3-9-21)7-4-10-22/h24-25,40-42H,2-23H2,1H3,(H,28,30)(H,29,31);23-24,39-41H,2-22H2,1H3,(H,27,30)(H,28,29);24-26H,2-13H2,1H3,(H,18,22)(H,19,21);20-22H,2-12H2,1H3,(H,16,18). The SMILES string of the molecule is CC(=O)COCC(=O)NC(CCCS)(CCCS)CCCS.CC(=O)COCC(=O)NCC(=O)NC(CCCS)(CCCS)CCCS.COCCOCCOCCOCCOCCOCCOCCOCCC(=O)NCC(=O)NC(CCCS)C(S)CCS.COCCOCCOCCOCCOCCOCCOCCOCCC(=O)NCC(=O)NCC(S)CC(S)CCS. The van der Waals surface area contributed by atoms with E-state index < -0.39 is 5.91 Å². The Morgan fingerprint density at radius 3 is 0.840 bits per heavy atom. The number of thiol groups is 12. The van der Waals surface area contributed by atoms with Crippen molar-refractivity contribution in [1.29, 1.82) is 0 Å². The largest absolute Gasteiger partial charge is 0.382 e. The van der Waals surface area contributed by atoms with E-state index in [0.29, 0.717) is 197 Å². The first-order valence-corrected chi connectivity index (χ1v) is 52.4. The lowest BCUT2D eigenvalue weighted by atomic mass is 9.84. The van der Waals surface area contributed by atoms with Crippen LogP contribution in [-0.4, -0.2) is 403 Å². The van der Waals surface area contributed by atoms with Crippen LogP contribution in [0.2, 0.25) is 0 Å². The molecule has 0 spiro atoms. The third-order valence-corrected chi connectivity index (χ3v) is 22.0. The normalized spacial score (nSPS) is 12.2. The highest BCUT2D eigenvalue weighted by molar-refractivity contribution is 7.82. The average Bonchev–Trinajstić information content (AvgIpc) is 0.866. The zero-order valence-corrected chi connectivity index (χ0v) is 89.1. The number of carbonyl (C=O) groups excluding carboxylic acids is 9. The van der Waals surface area contributed by atoms with Gasteiger partial charge in [-0.1, -0.05) is 0 Å². The summed E-state index contributed by atoms with van der Waals surface area (Å²) in [6.07, 6.45) is 15.1. The number of amides is 7. The van der Waals surface area contributed by atoms with Crippen LogP contribution in [0.3, 0.4) is 0 Å². The van der Waals surface area contributed by atoms with E-state index in [0.717, 1.165) is 155 Å². The van der Waals surface area contributed by atoms with E-state index in [9.17, 15) is 43.2 Å². The van der Waals surface area contributed by atoms with Crippen molar-refractivity contribution < 1.29 is 128 Å². The van der Waals surface area contributed by atoms with Crippen molar-refractivity contribution >= 4 is 204 Å². The van der Waals surface area contributed by atoms with E-state index in [4.69, 9.17) is 85.3 Å². The molecule has 0 radical (unpaired) electrons. The Morgan fingerprint density at radius 1 is 0.267 bits per heavy atom. The van der Waals surface area contributed by atoms with Gasteiger partial charge in [-0.05, 0) is 175 Å². The van der Waals surface area contributed by atoms with Crippen molar-refractivity contribution in [2.24, 2.45) is 0 Å². The van der Waals surface area contributed by atoms with Crippen LogP contribution in [0.5, 0.6) is 0 Å². The molecule has 0 fully saturated rings.